The monoisotopic (exact) mass is 330 g/mol. The lowest BCUT2D eigenvalue weighted by molar-refractivity contribution is -0.0282. The maximum Gasteiger partial charge on any atom is 0.0920 e. The van der Waals surface area contributed by atoms with Crippen molar-refractivity contribution in [1.29, 1.82) is 5.26 Å². The molecule has 1 aliphatic rings. The van der Waals surface area contributed by atoms with Gasteiger partial charge in [-0.2, -0.15) is 5.26 Å². The van der Waals surface area contributed by atoms with Gasteiger partial charge in [0.25, 0.3) is 0 Å². The number of nitrogens with zero attached hydrogens (tertiary/aromatic N) is 2. The van der Waals surface area contributed by atoms with Gasteiger partial charge in [-0.05, 0) is 31.2 Å². The fourth-order valence-electron chi connectivity index (χ4n) is 3.22. The van der Waals surface area contributed by atoms with Gasteiger partial charge in [-0.15, -0.1) is 0 Å². The largest absolute Gasteiger partial charge is 0.385 e. The minimum absolute atomic E-state index is 0.00884. The summed E-state index contributed by atoms with van der Waals surface area (Å²) in [6.45, 7) is 6.05. The van der Waals surface area contributed by atoms with Crippen molar-refractivity contribution in [3.05, 3.63) is 35.9 Å². The minimum atomic E-state index is -0.719. The summed E-state index contributed by atoms with van der Waals surface area (Å²) in [5.74, 6) is 0.00884. The van der Waals surface area contributed by atoms with Crippen molar-refractivity contribution < 1.29 is 9.84 Å². The van der Waals surface area contributed by atoms with Gasteiger partial charge in [-0.1, -0.05) is 43.7 Å². The molecule has 0 amide bonds. The van der Waals surface area contributed by atoms with Crippen molar-refractivity contribution in [2.24, 2.45) is 5.92 Å². The van der Waals surface area contributed by atoms with Crippen LogP contribution in [-0.4, -0.2) is 42.9 Å². The molecule has 0 saturated carbocycles. The lowest BCUT2D eigenvalue weighted by Gasteiger charge is -2.39. The van der Waals surface area contributed by atoms with E-state index in [-0.39, 0.29) is 5.92 Å². The molecule has 24 heavy (non-hydrogen) atoms. The van der Waals surface area contributed by atoms with Gasteiger partial charge in [0.05, 0.1) is 17.6 Å². The van der Waals surface area contributed by atoms with E-state index in [0.717, 1.165) is 63.9 Å². The van der Waals surface area contributed by atoms with Crippen molar-refractivity contribution in [3.8, 4) is 6.07 Å². The first-order chi connectivity index (χ1) is 11.7. The van der Waals surface area contributed by atoms with Gasteiger partial charge in [-0.3, -0.25) is 0 Å². The second kappa shape index (κ2) is 9.78. The SMILES string of the molecule is CCCCOCCC(C#N)CN1CCC(O)(c2ccccc2)CC1. The van der Waals surface area contributed by atoms with Gasteiger partial charge in [0.1, 0.15) is 0 Å². The van der Waals surface area contributed by atoms with Crippen LogP contribution < -0.4 is 0 Å². The van der Waals surface area contributed by atoms with Crippen LogP contribution in [0.2, 0.25) is 0 Å². The molecule has 1 saturated heterocycles. The summed E-state index contributed by atoms with van der Waals surface area (Å²) >= 11 is 0. The Hall–Kier alpha value is -1.41. The van der Waals surface area contributed by atoms with Crippen LogP contribution in [0.4, 0.5) is 0 Å². The van der Waals surface area contributed by atoms with E-state index in [1.165, 1.54) is 0 Å². The third kappa shape index (κ3) is 5.59. The molecule has 4 heteroatoms. The summed E-state index contributed by atoms with van der Waals surface area (Å²) in [7, 11) is 0. The number of benzene rings is 1. The van der Waals surface area contributed by atoms with E-state index in [0.29, 0.717) is 6.61 Å². The lowest BCUT2D eigenvalue weighted by atomic mass is 9.84. The highest BCUT2D eigenvalue weighted by Gasteiger charge is 2.34. The molecule has 0 aliphatic carbocycles. The standard InChI is InChI=1S/C20H30N2O2/c1-2-3-14-24-15-9-18(16-21)17-22-12-10-20(23,11-13-22)19-7-5-4-6-8-19/h4-8,18,23H,2-3,9-15,17H2,1H3. The predicted octanol–water partition coefficient (Wildman–Crippen LogP) is 3.32. The zero-order valence-corrected chi connectivity index (χ0v) is 14.8. The highest BCUT2D eigenvalue weighted by atomic mass is 16.5. The number of rotatable bonds is 9. The normalized spacial score (nSPS) is 18.9. The third-order valence-electron chi connectivity index (χ3n) is 4.91. The topological polar surface area (TPSA) is 56.5 Å². The Morgan fingerprint density at radius 3 is 2.58 bits per heavy atom. The Bertz CT molecular complexity index is 504. The number of piperidine rings is 1. The number of aliphatic hydroxyl groups is 1. The Labute approximate surface area is 146 Å². The molecule has 1 heterocycles. The van der Waals surface area contributed by atoms with Crippen molar-refractivity contribution in [2.45, 2.75) is 44.6 Å². The van der Waals surface area contributed by atoms with Gasteiger partial charge in [0.2, 0.25) is 0 Å². The molecule has 1 unspecified atom stereocenters. The number of ether oxygens (including phenoxy) is 1. The van der Waals surface area contributed by atoms with Crippen molar-refractivity contribution in [2.75, 3.05) is 32.8 Å². The molecule has 0 bridgehead atoms. The molecule has 1 aromatic rings. The average Bonchev–Trinajstić information content (AvgIpc) is 2.63. The Balaban J connectivity index is 1.74. The molecule has 1 N–H and O–H groups in total. The number of likely N-dealkylation sites (tertiary alicyclic amines) is 1. The van der Waals surface area contributed by atoms with Crippen LogP contribution in [0.5, 0.6) is 0 Å². The van der Waals surface area contributed by atoms with Crippen LogP contribution in [0, 0.1) is 17.2 Å². The first kappa shape index (κ1) is 18.9. The van der Waals surface area contributed by atoms with Crippen molar-refractivity contribution in [1.82, 2.24) is 4.90 Å². The van der Waals surface area contributed by atoms with Gasteiger partial charge >= 0.3 is 0 Å². The molecule has 1 aliphatic heterocycles. The molecule has 1 aromatic carbocycles. The maximum atomic E-state index is 10.9. The first-order valence-electron chi connectivity index (χ1n) is 9.15. The van der Waals surface area contributed by atoms with Crippen molar-refractivity contribution in [3.63, 3.8) is 0 Å². The van der Waals surface area contributed by atoms with E-state index >= 15 is 0 Å². The molecule has 0 aromatic heterocycles. The van der Waals surface area contributed by atoms with Gasteiger partial charge in [-0.25, -0.2) is 0 Å². The summed E-state index contributed by atoms with van der Waals surface area (Å²) in [5, 5.41) is 20.2. The second-order valence-corrected chi connectivity index (χ2v) is 6.78. The molecule has 1 fully saturated rings. The van der Waals surface area contributed by atoms with E-state index in [9.17, 15) is 10.4 Å². The fraction of sp³-hybridized carbons (Fsp3) is 0.650. The Morgan fingerprint density at radius 2 is 1.96 bits per heavy atom. The summed E-state index contributed by atoms with van der Waals surface area (Å²) in [5.41, 5.74) is 0.286. The van der Waals surface area contributed by atoms with Crippen LogP contribution in [0.25, 0.3) is 0 Å². The fourth-order valence-corrected chi connectivity index (χ4v) is 3.22. The lowest BCUT2D eigenvalue weighted by Crippen LogP contribution is -2.44. The molecular formula is C20H30N2O2. The summed E-state index contributed by atoms with van der Waals surface area (Å²) in [6.07, 6.45) is 4.46. The molecule has 2 rings (SSSR count). The van der Waals surface area contributed by atoms with E-state index in [4.69, 9.17) is 4.74 Å². The van der Waals surface area contributed by atoms with E-state index in [1.54, 1.807) is 0 Å². The predicted molar refractivity (Wildman–Crippen MR) is 95.5 cm³/mol. The van der Waals surface area contributed by atoms with Crippen LogP contribution in [0.3, 0.4) is 0 Å². The average molecular weight is 330 g/mol. The molecule has 1 atom stereocenters. The molecule has 4 nitrogen and oxygen atoms in total. The highest BCUT2D eigenvalue weighted by molar-refractivity contribution is 5.22. The number of hydrogen-bond acceptors (Lipinski definition) is 4. The zero-order valence-electron chi connectivity index (χ0n) is 14.8. The number of nitriles is 1. The quantitative estimate of drug-likeness (QED) is 0.706. The number of hydrogen-bond donors (Lipinski definition) is 1. The van der Waals surface area contributed by atoms with Gasteiger partial charge in [0.15, 0.2) is 0 Å². The number of unbranched alkanes of at least 4 members (excludes halogenated alkanes) is 1. The summed E-state index contributed by atoms with van der Waals surface area (Å²) in [4.78, 5) is 2.30. The van der Waals surface area contributed by atoms with Gasteiger partial charge in [0, 0.05) is 32.8 Å². The molecule has 0 radical (unpaired) electrons. The summed E-state index contributed by atoms with van der Waals surface area (Å²) in [6, 6.07) is 12.3. The summed E-state index contributed by atoms with van der Waals surface area (Å²) < 4.78 is 5.58. The molecular weight excluding hydrogens is 300 g/mol. The van der Waals surface area contributed by atoms with E-state index in [2.05, 4.69) is 17.9 Å². The van der Waals surface area contributed by atoms with E-state index < -0.39 is 5.60 Å². The van der Waals surface area contributed by atoms with Crippen molar-refractivity contribution >= 4 is 0 Å². The Kier molecular flexibility index (Phi) is 7.71. The van der Waals surface area contributed by atoms with Gasteiger partial charge < -0.3 is 14.7 Å². The zero-order chi connectivity index (χ0) is 17.3. The highest BCUT2D eigenvalue weighted by Crippen LogP contribution is 2.32. The Morgan fingerprint density at radius 1 is 1.25 bits per heavy atom. The minimum Gasteiger partial charge on any atom is -0.385 e. The molecule has 132 valence electrons. The van der Waals surface area contributed by atoms with Crippen LogP contribution in [0.15, 0.2) is 30.3 Å². The third-order valence-corrected chi connectivity index (χ3v) is 4.91. The first-order valence-corrected chi connectivity index (χ1v) is 9.15. The van der Waals surface area contributed by atoms with Crippen LogP contribution in [-0.2, 0) is 10.3 Å². The van der Waals surface area contributed by atoms with Crippen LogP contribution in [0.1, 0.15) is 44.6 Å². The molecule has 0 spiro atoms. The second-order valence-electron chi connectivity index (χ2n) is 6.78. The van der Waals surface area contributed by atoms with Crippen LogP contribution >= 0.6 is 0 Å². The smallest absolute Gasteiger partial charge is 0.0920 e. The maximum absolute atomic E-state index is 10.9. The van der Waals surface area contributed by atoms with E-state index in [1.807, 2.05) is 30.3 Å².